The minimum atomic E-state index is -0.873. The molecule has 2 aromatic carbocycles. The van der Waals surface area contributed by atoms with E-state index in [4.69, 9.17) is 0 Å². The van der Waals surface area contributed by atoms with Crippen molar-refractivity contribution in [3.63, 3.8) is 0 Å². The van der Waals surface area contributed by atoms with Gasteiger partial charge >= 0.3 is 0 Å². The average molecular weight is 403 g/mol. The SMILES string of the molecule is CCCN(CC(=O)NCC(=O)Nc1ccc(C)cc1)C(=O)c1cc(F)cc(F)c1. The van der Waals surface area contributed by atoms with Gasteiger partial charge in [0.25, 0.3) is 5.91 Å². The molecule has 0 radical (unpaired) electrons. The third-order valence-electron chi connectivity index (χ3n) is 4.01. The van der Waals surface area contributed by atoms with Gasteiger partial charge in [0.05, 0.1) is 13.1 Å². The van der Waals surface area contributed by atoms with Crippen LogP contribution in [-0.2, 0) is 9.59 Å². The van der Waals surface area contributed by atoms with Crippen LogP contribution in [0.5, 0.6) is 0 Å². The van der Waals surface area contributed by atoms with Gasteiger partial charge in [0.15, 0.2) is 0 Å². The number of carbonyl (C=O) groups is 3. The maximum absolute atomic E-state index is 13.4. The van der Waals surface area contributed by atoms with E-state index < -0.39 is 29.4 Å². The van der Waals surface area contributed by atoms with Crippen molar-refractivity contribution in [2.24, 2.45) is 0 Å². The van der Waals surface area contributed by atoms with Crippen molar-refractivity contribution in [3.05, 3.63) is 65.2 Å². The van der Waals surface area contributed by atoms with Crippen molar-refractivity contribution in [3.8, 4) is 0 Å². The van der Waals surface area contributed by atoms with Crippen LogP contribution in [0.2, 0.25) is 0 Å². The van der Waals surface area contributed by atoms with E-state index in [0.29, 0.717) is 18.2 Å². The summed E-state index contributed by atoms with van der Waals surface area (Å²) in [6.45, 7) is 3.35. The van der Waals surface area contributed by atoms with E-state index in [-0.39, 0.29) is 25.2 Å². The minimum absolute atomic E-state index is 0.180. The lowest BCUT2D eigenvalue weighted by atomic mass is 10.1. The van der Waals surface area contributed by atoms with Crippen LogP contribution in [0.3, 0.4) is 0 Å². The standard InChI is InChI=1S/C21H23F2N3O3/c1-3-8-26(21(29)15-9-16(22)11-17(23)10-15)13-20(28)24-12-19(27)25-18-6-4-14(2)5-7-18/h4-7,9-11H,3,8,12-13H2,1-2H3,(H,24,28)(H,25,27). The van der Waals surface area contributed by atoms with E-state index in [9.17, 15) is 23.2 Å². The summed E-state index contributed by atoms with van der Waals surface area (Å²) < 4.78 is 26.8. The summed E-state index contributed by atoms with van der Waals surface area (Å²) in [5, 5.41) is 5.09. The number of hydrogen-bond acceptors (Lipinski definition) is 3. The van der Waals surface area contributed by atoms with E-state index in [1.54, 1.807) is 19.1 Å². The van der Waals surface area contributed by atoms with E-state index in [2.05, 4.69) is 10.6 Å². The van der Waals surface area contributed by atoms with Gasteiger partial charge in [0, 0.05) is 23.9 Å². The number of nitrogens with zero attached hydrogens (tertiary/aromatic N) is 1. The van der Waals surface area contributed by atoms with Crippen molar-refractivity contribution in [2.75, 3.05) is 25.0 Å². The molecule has 0 aliphatic rings. The van der Waals surface area contributed by atoms with Crippen LogP contribution in [0.25, 0.3) is 0 Å². The third-order valence-corrected chi connectivity index (χ3v) is 4.01. The third kappa shape index (κ3) is 6.99. The monoisotopic (exact) mass is 403 g/mol. The molecule has 2 N–H and O–H groups in total. The first kappa shape index (κ1) is 22.0. The van der Waals surface area contributed by atoms with Crippen molar-refractivity contribution < 1.29 is 23.2 Å². The zero-order valence-corrected chi connectivity index (χ0v) is 16.3. The lowest BCUT2D eigenvalue weighted by molar-refractivity contribution is -0.124. The lowest BCUT2D eigenvalue weighted by Gasteiger charge is -2.21. The van der Waals surface area contributed by atoms with Gasteiger partial charge < -0.3 is 15.5 Å². The number of halogens is 2. The molecular formula is C21H23F2N3O3. The Morgan fingerprint density at radius 3 is 2.17 bits per heavy atom. The Morgan fingerprint density at radius 2 is 1.59 bits per heavy atom. The predicted molar refractivity (Wildman–Crippen MR) is 105 cm³/mol. The van der Waals surface area contributed by atoms with Crippen LogP contribution in [0.4, 0.5) is 14.5 Å². The second-order valence-electron chi connectivity index (χ2n) is 6.58. The topological polar surface area (TPSA) is 78.5 Å². The van der Waals surface area contributed by atoms with Crippen molar-refractivity contribution in [1.29, 1.82) is 0 Å². The smallest absolute Gasteiger partial charge is 0.254 e. The maximum atomic E-state index is 13.4. The van der Waals surface area contributed by atoms with Gasteiger partial charge in [-0.3, -0.25) is 14.4 Å². The first-order valence-electron chi connectivity index (χ1n) is 9.17. The van der Waals surface area contributed by atoms with Crippen LogP contribution >= 0.6 is 0 Å². The normalized spacial score (nSPS) is 10.3. The van der Waals surface area contributed by atoms with E-state index in [1.807, 2.05) is 19.1 Å². The lowest BCUT2D eigenvalue weighted by Crippen LogP contribution is -2.43. The molecule has 0 spiro atoms. The Labute approximate surface area is 167 Å². The molecule has 29 heavy (non-hydrogen) atoms. The molecule has 2 aromatic rings. The number of nitrogens with one attached hydrogen (secondary N) is 2. The van der Waals surface area contributed by atoms with E-state index >= 15 is 0 Å². The summed E-state index contributed by atoms with van der Waals surface area (Å²) in [5.41, 5.74) is 1.47. The van der Waals surface area contributed by atoms with E-state index in [0.717, 1.165) is 17.7 Å². The molecule has 8 heteroatoms. The summed E-state index contributed by atoms with van der Waals surface area (Å²) >= 11 is 0. The fourth-order valence-electron chi connectivity index (χ4n) is 2.63. The van der Waals surface area contributed by atoms with Crippen molar-refractivity contribution >= 4 is 23.4 Å². The first-order chi connectivity index (χ1) is 13.8. The van der Waals surface area contributed by atoms with Gasteiger partial charge in [0.2, 0.25) is 11.8 Å². The molecular weight excluding hydrogens is 380 g/mol. The molecule has 0 bridgehead atoms. The summed E-state index contributed by atoms with van der Waals surface area (Å²) in [5.74, 6) is -3.38. The molecule has 0 heterocycles. The van der Waals surface area contributed by atoms with Gasteiger partial charge in [-0.15, -0.1) is 0 Å². The average Bonchev–Trinajstić information content (AvgIpc) is 2.66. The summed E-state index contributed by atoms with van der Waals surface area (Å²) in [6, 6.07) is 9.68. The van der Waals surface area contributed by atoms with Crippen molar-refractivity contribution in [1.82, 2.24) is 10.2 Å². The molecule has 0 atom stereocenters. The fraction of sp³-hybridized carbons (Fsp3) is 0.286. The molecule has 0 unspecified atom stereocenters. The Hall–Kier alpha value is -3.29. The first-order valence-corrected chi connectivity index (χ1v) is 9.17. The summed E-state index contributed by atoms with van der Waals surface area (Å²) in [7, 11) is 0. The van der Waals surface area contributed by atoms with Gasteiger partial charge in [-0.2, -0.15) is 0 Å². The molecule has 0 saturated carbocycles. The molecule has 0 aliphatic carbocycles. The molecule has 3 amide bonds. The molecule has 6 nitrogen and oxygen atoms in total. The zero-order valence-electron chi connectivity index (χ0n) is 16.3. The Kier molecular flexibility index (Phi) is 7.82. The Bertz CT molecular complexity index is 865. The molecule has 154 valence electrons. The van der Waals surface area contributed by atoms with Crippen LogP contribution < -0.4 is 10.6 Å². The summed E-state index contributed by atoms with van der Waals surface area (Å²) in [6.07, 6.45) is 0.546. The molecule has 0 aromatic heterocycles. The number of anilines is 1. The largest absolute Gasteiger partial charge is 0.345 e. The molecule has 2 rings (SSSR count). The summed E-state index contributed by atoms with van der Waals surface area (Å²) in [4.78, 5) is 37.8. The zero-order chi connectivity index (χ0) is 21.4. The fourth-order valence-corrected chi connectivity index (χ4v) is 2.63. The highest BCUT2D eigenvalue weighted by molar-refractivity contribution is 5.98. The van der Waals surface area contributed by atoms with Gasteiger partial charge in [-0.05, 0) is 37.6 Å². The van der Waals surface area contributed by atoms with Gasteiger partial charge in [-0.25, -0.2) is 8.78 Å². The number of amides is 3. The predicted octanol–water partition coefficient (Wildman–Crippen LogP) is 2.88. The van der Waals surface area contributed by atoms with Crippen LogP contribution in [0.1, 0.15) is 29.3 Å². The van der Waals surface area contributed by atoms with Gasteiger partial charge in [-0.1, -0.05) is 24.6 Å². The molecule has 0 fully saturated rings. The highest BCUT2D eigenvalue weighted by atomic mass is 19.1. The van der Waals surface area contributed by atoms with Crippen LogP contribution in [0.15, 0.2) is 42.5 Å². The van der Waals surface area contributed by atoms with Gasteiger partial charge in [0.1, 0.15) is 11.6 Å². The molecule has 0 aliphatic heterocycles. The molecule has 0 saturated heterocycles. The second-order valence-corrected chi connectivity index (χ2v) is 6.58. The number of benzene rings is 2. The number of rotatable bonds is 8. The minimum Gasteiger partial charge on any atom is -0.345 e. The maximum Gasteiger partial charge on any atom is 0.254 e. The van der Waals surface area contributed by atoms with Crippen LogP contribution in [0, 0.1) is 18.6 Å². The van der Waals surface area contributed by atoms with Crippen LogP contribution in [-0.4, -0.2) is 42.3 Å². The number of aryl methyl sites for hydroxylation is 1. The Balaban J connectivity index is 1.92. The number of carbonyl (C=O) groups excluding carboxylic acids is 3. The Morgan fingerprint density at radius 1 is 0.966 bits per heavy atom. The van der Waals surface area contributed by atoms with E-state index in [1.165, 1.54) is 4.90 Å². The van der Waals surface area contributed by atoms with Crippen molar-refractivity contribution in [2.45, 2.75) is 20.3 Å². The highest BCUT2D eigenvalue weighted by Gasteiger charge is 2.20. The second kappa shape index (κ2) is 10.3. The quantitative estimate of drug-likeness (QED) is 0.712. The highest BCUT2D eigenvalue weighted by Crippen LogP contribution is 2.11. The number of hydrogen-bond donors (Lipinski definition) is 2.